The molecule has 0 bridgehead atoms. The molecule has 1 amide bonds. The molecule has 2 aromatic rings. The second-order valence-corrected chi connectivity index (χ2v) is 8.95. The van der Waals surface area contributed by atoms with E-state index >= 15 is 0 Å². The fourth-order valence-electron chi connectivity index (χ4n) is 4.64. The summed E-state index contributed by atoms with van der Waals surface area (Å²) < 4.78 is 5.25. The van der Waals surface area contributed by atoms with Crippen molar-refractivity contribution in [3.63, 3.8) is 0 Å². The first-order valence-electron chi connectivity index (χ1n) is 12.1. The largest absolute Gasteiger partial charge is 0.497 e. The van der Waals surface area contributed by atoms with Crippen molar-refractivity contribution in [3.8, 4) is 5.75 Å². The molecule has 1 aromatic heterocycles. The number of carbonyl (C=O) groups is 1. The van der Waals surface area contributed by atoms with E-state index < -0.39 is 0 Å². The van der Waals surface area contributed by atoms with E-state index in [1.54, 1.807) is 13.3 Å². The van der Waals surface area contributed by atoms with Gasteiger partial charge in [0.25, 0.3) is 0 Å². The van der Waals surface area contributed by atoms with Crippen LogP contribution < -0.4 is 19.9 Å². The van der Waals surface area contributed by atoms with E-state index in [0.29, 0.717) is 6.54 Å². The van der Waals surface area contributed by atoms with Gasteiger partial charge >= 0.3 is 0 Å². The van der Waals surface area contributed by atoms with E-state index in [2.05, 4.69) is 42.1 Å². The van der Waals surface area contributed by atoms with Gasteiger partial charge in [-0.3, -0.25) is 9.69 Å². The molecule has 1 N–H and O–H groups in total. The summed E-state index contributed by atoms with van der Waals surface area (Å²) in [4.78, 5) is 28.7. The highest BCUT2D eigenvalue weighted by Crippen LogP contribution is 2.21. The average molecular weight is 453 g/mol. The minimum absolute atomic E-state index is 0.0101. The van der Waals surface area contributed by atoms with Crippen molar-refractivity contribution in [2.45, 2.75) is 26.2 Å². The number of hydrogen-bond donors (Lipinski definition) is 1. The number of piperazine rings is 1. The lowest BCUT2D eigenvalue weighted by molar-refractivity contribution is -0.125. The van der Waals surface area contributed by atoms with Gasteiger partial charge in [-0.05, 0) is 63.1 Å². The molecular formula is C25H36N6O2. The normalized spacial score (nSPS) is 19.4. The van der Waals surface area contributed by atoms with Crippen LogP contribution in [0.2, 0.25) is 0 Å². The van der Waals surface area contributed by atoms with Crippen LogP contribution in [0.3, 0.4) is 0 Å². The molecule has 3 heterocycles. The summed E-state index contributed by atoms with van der Waals surface area (Å²) in [5.41, 5.74) is 2.21. The quantitative estimate of drug-likeness (QED) is 0.616. The number of ether oxygens (including phenoxy) is 1. The third-order valence-corrected chi connectivity index (χ3v) is 6.62. The molecule has 2 saturated heterocycles. The van der Waals surface area contributed by atoms with E-state index in [1.165, 1.54) is 5.69 Å². The van der Waals surface area contributed by atoms with E-state index in [9.17, 15) is 4.79 Å². The standard InChI is InChI=1S/C25H36N6O2/c1-20-10-12-27-25(28-20)31-14-3-5-21(19-31)24(32)26-11-4-13-29-15-17-30(18-16-29)22-6-8-23(33-2)9-7-22/h6-10,12,21H,3-5,11,13-19H2,1-2H3,(H,26,32). The van der Waals surface area contributed by atoms with Gasteiger partial charge in [-0.25, -0.2) is 9.97 Å². The smallest absolute Gasteiger partial charge is 0.225 e. The minimum atomic E-state index is 0.0101. The minimum Gasteiger partial charge on any atom is -0.497 e. The molecule has 178 valence electrons. The molecule has 8 nitrogen and oxygen atoms in total. The molecule has 8 heteroatoms. The maximum Gasteiger partial charge on any atom is 0.225 e. The van der Waals surface area contributed by atoms with Crippen LogP contribution >= 0.6 is 0 Å². The van der Waals surface area contributed by atoms with Crippen molar-refractivity contribution in [2.24, 2.45) is 5.92 Å². The fourth-order valence-corrected chi connectivity index (χ4v) is 4.64. The molecule has 33 heavy (non-hydrogen) atoms. The lowest BCUT2D eigenvalue weighted by Crippen LogP contribution is -2.47. The first kappa shape index (κ1) is 23.3. The van der Waals surface area contributed by atoms with Gasteiger partial charge < -0.3 is 19.9 Å². The molecule has 2 aliphatic heterocycles. The number of anilines is 2. The number of rotatable bonds is 8. The Hall–Kier alpha value is -2.87. The number of benzene rings is 1. The van der Waals surface area contributed by atoms with Crippen LogP contribution in [-0.4, -0.2) is 80.2 Å². The summed E-state index contributed by atoms with van der Waals surface area (Å²) in [5.74, 6) is 1.80. The number of carbonyl (C=O) groups excluding carboxylic acids is 1. The Morgan fingerprint density at radius 2 is 1.88 bits per heavy atom. The van der Waals surface area contributed by atoms with Gasteiger partial charge in [0.15, 0.2) is 0 Å². The lowest BCUT2D eigenvalue weighted by Gasteiger charge is -2.36. The third-order valence-electron chi connectivity index (χ3n) is 6.62. The highest BCUT2D eigenvalue weighted by molar-refractivity contribution is 5.79. The Morgan fingerprint density at radius 3 is 2.61 bits per heavy atom. The van der Waals surface area contributed by atoms with E-state index in [1.807, 2.05) is 25.1 Å². The molecule has 2 fully saturated rings. The average Bonchev–Trinajstić information content (AvgIpc) is 2.87. The fraction of sp³-hybridized carbons (Fsp3) is 0.560. The number of aryl methyl sites for hydroxylation is 1. The molecule has 0 saturated carbocycles. The Kier molecular flexibility index (Phi) is 7.99. The van der Waals surface area contributed by atoms with Crippen molar-refractivity contribution in [1.29, 1.82) is 0 Å². The van der Waals surface area contributed by atoms with E-state index in [4.69, 9.17) is 4.74 Å². The number of aromatic nitrogens is 2. The Balaban J connectivity index is 1.14. The molecule has 0 spiro atoms. The zero-order chi connectivity index (χ0) is 23.0. The zero-order valence-electron chi connectivity index (χ0n) is 19.9. The third kappa shape index (κ3) is 6.35. The monoisotopic (exact) mass is 452 g/mol. The van der Waals surface area contributed by atoms with Crippen molar-refractivity contribution < 1.29 is 9.53 Å². The first-order valence-corrected chi connectivity index (χ1v) is 12.1. The van der Waals surface area contributed by atoms with Crippen LogP contribution in [-0.2, 0) is 4.79 Å². The van der Waals surface area contributed by atoms with Gasteiger partial charge in [-0.1, -0.05) is 0 Å². The molecule has 0 radical (unpaired) electrons. The number of nitrogens with zero attached hydrogens (tertiary/aromatic N) is 5. The molecule has 2 aliphatic rings. The van der Waals surface area contributed by atoms with E-state index in [-0.39, 0.29) is 11.8 Å². The van der Waals surface area contributed by atoms with Gasteiger partial charge in [0.2, 0.25) is 11.9 Å². The molecule has 1 aromatic carbocycles. The van der Waals surface area contributed by atoms with Crippen LogP contribution in [0.4, 0.5) is 11.6 Å². The molecule has 1 atom stereocenters. The van der Waals surface area contributed by atoms with Crippen LogP contribution in [0.15, 0.2) is 36.5 Å². The summed E-state index contributed by atoms with van der Waals surface area (Å²) in [6.45, 7) is 9.48. The summed E-state index contributed by atoms with van der Waals surface area (Å²) >= 11 is 0. The van der Waals surface area contributed by atoms with Crippen molar-refractivity contribution in [3.05, 3.63) is 42.2 Å². The second kappa shape index (κ2) is 11.3. The molecular weight excluding hydrogens is 416 g/mol. The van der Waals surface area contributed by atoms with Crippen LogP contribution in [0.1, 0.15) is 25.0 Å². The number of nitrogens with one attached hydrogen (secondary N) is 1. The van der Waals surface area contributed by atoms with Gasteiger partial charge in [-0.2, -0.15) is 0 Å². The number of methoxy groups -OCH3 is 1. The Morgan fingerprint density at radius 1 is 1.09 bits per heavy atom. The zero-order valence-corrected chi connectivity index (χ0v) is 19.9. The summed E-state index contributed by atoms with van der Waals surface area (Å²) in [5, 5.41) is 3.17. The van der Waals surface area contributed by atoms with Crippen molar-refractivity contribution >= 4 is 17.5 Å². The molecule has 1 unspecified atom stereocenters. The summed E-state index contributed by atoms with van der Waals surface area (Å²) in [6.07, 6.45) is 4.69. The number of amides is 1. The maximum absolute atomic E-state index is 12.7. The predicted octanol–water partition coefficient (Wildman–Crippen LogP) is 2.34. The van der Waals surface area contributed by atoms with Gasteiger partial charge in [0.1, 0.15) is 5.75 Å². The lowest BCUT2D eigenvalue weighted by atomic mass is 9.97. The van der Waals surface area contributed by atoms with Gasteiger partial charge in [-0.15, -0.1) is 0 Å². The predicted molar refractivity (Wildman–Crippen MR) is 131 cm³/mol. The van der Waals surface area contributed by atoms with Crippen molar-refractivity contribution in [1.82, 2.24) is 20.2 Å². The summed E-state index contributed by atoms with van der Waals surface area (Å²) in [7, 11) is 1.69. The Bertz CT molecular complexity index is 898. The van der Waals surface area contributed by atoms with Crippen molar-refractivity contribution in [2.75, 3.05) is 69.3 Å². The topological polar surface area (TPSA) is 73.8 Å². The summed E-state index contributed by atoms with van der Waals surface area (Å²) in [6, 6.07) is 10.2. The van der Waals surface area contributed by atoms with Crippen LogP contribution in [0.25, 0.3) is 0 Å². The number of piperidine rings is 1. The highest BCUT2D eigenvalue weighted by Gasteiger charge is 2.27. The van der Waals surface area contributed by atoms with Gasteiger partial charge in [0.05, 0.1) is 13.0 Å². The van der Waals surface area contributed by atoms with Crippen LogP contribution in [0.5, 0.6) is 5.75 Å². The van der Waals surface area contributed by atoms with Gasteiger partial charge in [0, 0.05) is 63.4 Å². The maximum atomic E-state index is 12.7. The second-order valence-electron chi connectivity index (χ2n) is 8.95. The number of hydrogen-bond acceptors (Lipinski definition) is 7. The SMILES string of the molecule is COc1ccc(N2CCN(CCCNC(=O)C3CCCN(c4nccc(C)n4)C3)CC2)cc1. The molecule has 0 aliphatic carbocycles. The van der Waals surface area contributed by atoms with E-state index in [0.717, 1.165) is 82.5 Å². The first-order chi connectivity index (χ1) is 16.1. The molecule has 4 rings (SSSR count). The highest BCUT2D eigenvalue weighted by atomic mass is 16.5. The Labute approximate surface area is 196 Å². The van der Waals surface area contributed by atoms with Crippen LogP contribution in [0, 0.1) is 12.8 Å².